The molecule has 4 nitrogen and oxygen atoms in total. The molecule has 1 aliphatic carbocycles. The summed E-state index contributed by atoms with van der Waals surface area (Å²) in [6, 6.07) is 23.4. The number of esters is 2. The van der Waals surface area contributed by atoms with Gasteiger partial charge in [-0.3, -0.25) is 0 Å². The van der Waals surface area contributed by atoms with Crippen molar-refractivity contribution in [2.75, 3.05) is 0 Å². The molecule has 2 aromatic carbocycles. The van der Waals surface area contributed by atoms with Gasteiger partial charge in [-0.1, -0.05) is 67.6 Å². The number of benzene rings is 2. The Hall–Kier alpha value is -3.22. The lowest BCUT2D eigenvalue weighted by molar-refractivity contribution is -0.0527. The first-order chi connectivity index (χ1) is 16.5. The molecule has 0 fully saturated rings. The lowest BCUT2D eigenvalue weighted by atomic mass is 9.70. The van der Waals surface area contributed by atoms with E-state index in [1.165, 1.54) is 22.7 Å². The van der Waals surface area contributed by atoms with Crippen LogP contribution in [0, 0.1) is 6.92 Å². The molecule has 0 saturated heterocycles. The first-order valence-corrected chi connectivity index (χ1v) is 12.9. The van der Waals surface area contributed by atoms with Crippen molar-refractivity contribution in [3.05, 3.63) is 116 Å². The maximum absolute atomic E-state index is 13.2. The van der Waals surface area contributed by atoms with Gasteiger partial charge in [-0.25, -0.2) is 9.59 Å². The first kappa shape index (κ1) is 22.6. The minimum atomic E-state index is -0.676. The van der Waals surface area contributed by atoms with Crippen molar-refractivity contribution in [2.45, 2.75) is 37.9 Å². The Balaban J connectivity index is 1.63. The second kappa shape index (κ2) is 9.57. The summed E-state index contributed by atoms with van der Waals surface area (Å²) in [7, 11) is 0. The van der Waals surface area contributed by atoms with E-state index in [0.717, 1.165) is 22.3 Å². The lowest BCUT2D eigenvalue weighted by Gasteiger charge is -2.42. The third-order valence-corrected chi connectivity index (χ3v) is 8.12. The van der Waals surface area contributed by atoms with Gasteiger partial charge in [0.2, 0.25) is 0 Å². The number of hydrogen-bond donors (Lipinski definition) is 0. The Morgan fingerprint density at radius 2 is 1.21 bits per heavy atom. The molecule has 34 heavy (non-hydrogen) atoms. The highest BCUT2D eigenvalue weighted by molar-refractivity contribution is 7.12. The lowest BCUT2D eigenvalue weighted by Crippen LogP contribution is -2.46. The minimum absolute atomic E-state index is 0.151. The molecular weight excluding hydrogens is 464 g/mol. The van der Waals surface area contributed by atoms with Crippen LogP contribution in [-0.2, 0) is 9.47 Å². The number of hydrogen-bond acceptors (Lipinski definition) is 6. The van der Waals surface area contributed by atoms with Crippen LogP contribution in [0.4, 0.5) is 0 Å². The Labute approximate surface area is 206 Å². The van der Waals surface area contributed by atoms with Gasteiger partial charge in [0.05, 0.1) is 5.92 Å². The molecule has 2 unspecified atom stereocenters. The SMILES string of the molecule is Cc1ccccc1[C@H]1c2ccccc2[C@H](C)C(OC(=O)c2cccs2)C1OC(=O)c1cccs1. The van der Waals surface area contributed by atoms with E-state index >= 15 is 0 Å². The minimum Gasteiger partial charge on any atom is -0.454 e. The van der Waals surface area contributed by atoms with Crippen LogP contribution in [0.15, 0.2) is 83.6 Å². The van der Waals surface area contributed by atoms with Crippen LogP contribution in [0.1, 0.15) is 60.4 Å². The largest absolute Gasteiger partial charge is 0.454 e. The Bertz CT molecular complexity index is 1290. The van der Waals surface area contributed by atoms with Gasteiger partial charge < -0.3 is 9.47 Å². The molecule has 4 atom stereocenters. The monoisotopic (exact) mass is 488 g/mol. The quantitative estimate of drug-likeness (QED) is 0.289. The van der Waals surface area contributed by atoms with Gasteiger partial charge in [-0.05, 0) is 52.1 Å². The van der Waals surface area contributed by atoms with Crippen LogP contribution >= 0.6 is 22.7 Å². The summed E-state index contributed by atoms with van der Waals surface area (Å²) in [5.41, 5.74) is 4.35. The van der Waals surface area contributed by atoms with Gasteiger partial charge in [0, 0.05) is 5.92 Å². The van der Waals surface area contributed by atoms with Crippen LogP contribution in [0.25, 0.3) is 0 Å². The molecule has 2 heterocycles. The van der Waals surface area contributed by atoms with Crippen LogP contribution in [-0.4, -0.2) is 24.1 Å². The highest BCUT2D eigenvalue weighted by Crippen LogP contribution is 2.46. The number of fused-ring (bicyclic) bond motifs is 1. The average Bonchev–Trinajstić information content (AvgIpc) is 3.57. The number of thiophene rings is 2. The summed E-state index contributed by atoms with van der Waals surface area (Å²) in [6.07, 6.45) is -1.32. The van der Waals surface area contributed by atoms with Crippen molar-refractivity contribution in [3.63, 3.8) is 0 Å². The number of aryl methyl sites for hydroxylation is 1. The van der Waals surface area contributed by atoms with E-state index in [4.69, 9.17) is 9.47 Å². The Morgan fingerprint density at radius 3 is 1.76 bits per heavy atom. The fourth-order valence-electron chi connectivity index (χ4n) is 4.77. The van der Waals surface area contributed by atoms with E-state index in [1.54, 1.807) is 12.1 Å². The summed E-state index contributed by atoms with van der Waals surface area (Å²) < 4.78 is 12.3. The zero-order valence-corrected chi connectivity index (χ0v) is 20.5. The van der Waals surface area contributed by atoms with E-state index in [-0.39, 0.29) is 11.8 Å². The van der Waals surface area contributed by atoms with Gasteiger partial charge in [-0.15, -0.1) is 22.7 Å². The Kier molecular flexibility index (Phi) is 6.35. The number of carbonyl (C=O) groups is 2. The fourth-order valence-corrected chi connectivity index (χ4v) is 5.98. The van der Waals surface area contributed by atoms with Gasteiger partial charge in [0.25, 0.3) is 0 Å². The smallest absolute Gasteiger partial charge is 0.348 e. The van der Waals surface area contributed by atoms with Crippen molar-refractivity contribution < 1.29 is 19.1 Å². The molecule has 1 aliphatic rings. The van der Waals surface area contributed by atoms with Gasteiger partial charge in [0.1, 0.15) is 15.9 Å². The molecule has 6 heteroatoms. The van der Waals surface area contributed by atoms with E-state index in [0.29, 0.717) is 9.75 Å². The molecule has 0 aliphatic heterocycles. The van der Waals surface area contributed by atoms with Crippen molar-refractivity contribution in [3.8, 4) is 0 Å². The molecule has 2 aromatic heterocycles. The maximum Gasteiger partial charge on any atom is 0.348 e. The molecule has 4 aromatic rings. The highest BCUT2D eigenvalue weighted by Gasteiger charge is 2.47. The third-order valence-electron chi connectivity index (χ3n) is 6.42. The molecule has 0 amide bonds. The van der Waals surface area contributed by atoms with Crippen molar-refractivity contribution in [1.29, 1.82) is 0 Å². The number of ether oxygens (including phenoxy) is 2. The zero-order valence-electron chi connectivity index (χ0n) is 18.8. The van der Waals surface area contributed by atoms with E-state index in [1.807, 2.05) is 54.1 Å². The standard InChI is InChI=1S/C28H24O4S2/c1-17-9-3-4-10-19(17)24-21-12-6-5-11-20(21)18(2)25(31-27(29)22-13-7-15-33-22)26(24)32-28(30)23-14-8-16-34-23/h3-16,18,24-26H,1-2H3/t18-,24-,25?,26?/m0/s1. The Morgan fingerprint density at radius 1 is 0.676 bits per heavy atom. The molecule has 0 bridgehead atoms. The molecule has 172 valence electrons. The van der Waals surface area contributed by atoms with Crippen LogP contribution in [0.3, 0.4) is 0 Å². The molecule has 0 N–H and O–H groups in total. The predicted octanol–water partition coefficient (Wildman–Crippen LogP) is 6.82. The van der Waals surface area contributed by atoms with Gasteiger partial charge in [0.15, 0.2) is 6.10 Å². The maximum atomic E-state index is 13.2. The predicted molar refractivity (Wildman–Crippen MR) is 135 cm³/mol. The van der Waals surface area contributed by atoms with Crippen LogP contribution < -0.4 is 0 Å². The van der Waals surface area contributed by atoms with Crippen molar-refractivity contribution >= 4 is 34.6 Å². The second-order valence-corrected chi connectivity index (χ2v) is 10.3. The highest BCUT2D eigenvalue weighted by atomic mass is 32.1. The summed E-state index contributed by atoms with van der Waals surface area (Å²) in [6.45, 7) is 4.09. The fraction of sp³-hybridized carbons (Fsp3) is 0.214. The summed E-state index contributed by atoms with van der Waals surface area (Å²) in [5, 5.41) is 3.70. The second-order valence-electron chi connectivity index (χ2n) is 8.45. The molecular formula is C28H24O4S2. The molecule has 0 spiro atoms. The van der Waals surface area contributed by atoms with Crippen molar-refractivity contribution in [2.24, 2.45) is 0 Å². The average molecular weight is 489 g/mol. The third kappa shape index (κ3) is 4.19. The van der Waals surface area contributed by atoms with E-state index in [2.05, 4.69) is 31.2 Å². The molecule has 5 rings (SSSR count). The van der Waals surface area contributed by atoms with Crippen molar-refractivity contribution in [1.82, 2.24) is 0 Å². The van der Waals surface area contributed by atoms with E-state index < -0.39 is 24.1 Å². The normalized spacial score (nSPS) is 21.5. The van der Waals surface area contributed by atoms with Crippen LogP contribution in [0.5, 0.6) is 0 Å². The van der Waals surface area contributed by atoms with Gasteiger partial charge >= 0.3 is 11.9 Å². The zero-order chi connectivity index (χ0) is 23.7. The molecule has 0 radical (unpaired) electrons. The van der Waals surface area contributed by atoms with E-state index in [9.17, 15) is 9.59 Å². The summed E-state index contributed by atoms with van der Waals surface area (Å²) >= 11 is 2.68. The topological polar surface area (TPSA) is 52.6 Å². The first-order valence-electron chi connectivity index (χ1n) is 11.2. The van der Waals surface area contributed by atoms with Crippen LogP contribution in [0.2, 0.25) is 0 Å². The van der Waals surface area contributed by atoms with Gasteiger partial charge in [-0.2, -0.15) is 0 Å². The molecule has 0 saturated carbocycles. The number of rotatable bonds is 5. The summed E-state index contributed by atoms with van der Waals surface area (Å²) in [4.78, 5) is 27.3. The summed E-state index contributed by atoms with van der Waals surface area (Å²) in [5.74, 6) is -1.21. The number of carbonyl (C=O) groups excluding carboxylic acids is 2.